The summed E-state index contributed by atoms with van der Waals surface area (Å²) in [6.07, 6.45) is 1.45. The number of aryl methyl sites for hydroxylation is 1. The van der Waals surface area contributed by atoms with Crippen molar-refractivity contribution < 1.29 is 13.9 Å². The third-order valence-electron chi connectivity index (χ3n) is 6.12. The van der Waals surface area contributed by atoms with Gasteiger partial charge in [-0.25, -0.2) is 4.98 Å². The molecule has 3 aromatic rings. The molecule has 1 aliphatic rings. The quantitative estimate of drug-likeness (QED) is 0.494. The Morgan fingerprint density at radius 2 is 1.91 bits per heavy atom. The van der Waals surface area contributed by atoms with Crippen molar-refractivity contribution >= 4 is 5.91 Å². The van der Waals surface area contributed by atoms with Crippen molar-refractivity contribution in [3.8, 4) is 0 Å². The number of amides is 1. The number of oxazole rings is 1. The Balaban J connectivity index is 1.39. The van der Waals surface area contributed by atoms with E-state index in [-0.39, 0.29) is 11.9 Å². The molecule has 0 radical (unpaired) electrons. The van der Waals surface area contributed by atoms with Gasteiger partial charge in [-0.1, -0.05) is 60.2 Å². The minimum absolute atomic E-state index is 0.111. The van der Waals surface area contributed by atoms with Gasteiger partial charge in [-0.2, -0.15) is 0 Å². The minimum Gasteiger partial charge on any atom is -0.447 e. The predicted octanol–water partition coefficient (Wildman–Crippen LogP) is 3.81. The number of rotatable bonds is 10. The standard InChI is InChI=1S/C27H34N4O3/c1-21-7-6-8-23(17-21)18-31(12-11-30-13-15-33-16-14-30)19-26-29-25(20-34-26)27(32)28-22(2)24-9-4-3-5-10-24/h3-10,17,20,22H,11-16,18-19H2,1-2H3,(H,28,32)/t22-/m1/s1. The lowest BCUT2D eigenvalue weighted by molar-refractivity contribution is 0.0320. The highest BCUT2D eigenvalue weighted by Gasteiger charge is 2.19. The first-order valence-corrected chi connectivity index (χ1v) is 11.9. The number of morpholine rings is 1. The molecule has 7 heteroatoms. The molecule has 34 heavy (non-hydrogen) atoms. The molecule has 1 saturated heterocycles. The zero-order chi connectivity index (χ0) is 23.8. The third kappa shape index (κ3) is 7.00. The minimum atomic E-state index is -0.232. The van der Waals surface area contributed by atoms with Gasteiger partial charge in [0.05, 0.1) is 25.8 Å². The van der Waals surface area contributed by atoms with Crippen molar-refractivity contribution in [2.75, 3.05) is 39.4 Å². The van der Waals surface area contributed by atoms with Gasteiger partial charge in [-0.05, 0) is 25.0 Å². The first-order chi connectivity index (χ1) is 16.6. The molecule has 1 aliphatic heterocycles. The molecule has 2 aromatic carbocycles. The normalized spacial score (nSPS) is 15.4. The summed E-state index contributed by atoms with van der Waals surface area (Å²) in [5.74, 6) is 0.317. The van der Waals surface area contributed by atoms with Gasteiger partial charge >= 0.3 is 0 Å². The Labute approximate surface area is 201 Å². The van der Waals surface area contributed by atoms with E-state index in [1.54, 1.807) is 0 Å². The molecule has 0 bridgehead atoms. The van der Waals surface area contributed by atoms with Crippen molar-refractivity contribution in [3.05, 3.63) is 89.1 Å². The van der Waals surface area contributed by atoms with Crippen LogP contribution in [0.2, 0.25) is 0 Å². The highest BCUT2D eigenvalue weighted by molar-refractivity contribution is 5.92. The summed E-state index contributed by atoms with van der Waals surface area (Å²) >= 11 is 0. The number of hydrogen-bond donors (Lipinski definition) is 1. The first-order valence-electron chi connectivity index (χ1n) is 11.9. The van der Waals surface area contributed by atoms with E-state index in [9.17, 15) is 4.79 Å². The fourth-order valence-electron chi connectivity index (χ4n) is 4.17. The molecule has 2 heterocycles. The van der Waals surface area contributed by atoms with Crippen LogP contribution in [-0.2, 0) is 17.8 Å². The van der Waals surface area contributed by atoms with Gasteiger partial charge in [0.2, 0.25) is 5.89 Å². The van der Waals surface area contributed by atoms with Gasteiger partial charge < -0.3 is 14.5 Å². The van der Waals surface area contributed by atoms with E-state index in [4.69, 9.17) is 9.15 Å². The predicted molar refractivity (Wildman–Crippen MR) is 131 cm³/mol. The molecule has 1 amide bonds. The van der Waals surface area contributed by atoms with Crippen molar-refractivity contribution in [1.82, 2.24) is 20.1 Å². The van der Waals surface area contributed by atoms with Gasteiger partial charge in [0.1, 0.15) is 6.26 Å². The van der Waals surface area contributed by atoms with Gasteiger partial charge in [0.15, 0.2) is 5.69 Å². The molecular formula is C27H34N4O3. The summed E-state index contributed by atoms with van der Waals surface area (Å²) in [5, 5.41) is 3.00. The number of carbonyl (C=O) groups is 1. The van der Waals surface area contributed by atoms with Gasteiger partial charge in [-0.15, -0.1) is 0 Å². The Hall–Kier alpha value is -3.00. The highest BCUT2D eigenvalue weighted by atomic mass is 16.5. The summed E-state index contributed by atoms with van der Waals surface area (Å²) < 4.78 is 11.2. The Bertz CT molecular complexity index is 1050. The molecule has 0 spiro atoms. The number of aromatic nitrogens is 1. The van der Waals surface area contributed by atoms with E-state index < -0.39 is 0 Å². The van der Waals surface area contributed by atoms with Crippen molar-refractivity contribution in [2.24, 2.45) is 0 Å². The lowest BCUT2D eigenvalue weighted by Crippen LogP contribution is -2.41. The molecule has 7 nitrogen and oxygen atoms in total. The molecule has 0 unspecified atom stereocenters. The molecule has 1 N–H and O–H groups in total. The molecule has 0 saturated carbocycles. The molecule has 1 fully saturated rings. The molecule has 1 atom stereocenters. The summed E-state index contributed by atoms with van der Waals surface area (Å²) in [6.45, 7) is 10.7. The van der Waals surface area contributed by atoms with Crippen LogP contribution in [0.5, 0.6) is 0 Å². The van der Waals surface area contributed by atoms with E-state index in [2.05, 4.69) is 51.3 Å². The number of ether oxygens (including phenoxy) is 1. The van der Waals surface area contributed by atoms with Crippen LogP contribution in [0.15, 0.2) is 65.3 Å². The highest BCUT2D eigenvalue weighted by Crippen LogP contribution is 2.15. The average molecular weight is 463 g/mol. The zero-order valence-electron chi connectivity index (χ0n) is 20.1. The lowest BCUT2D eigenvalue weighted by atomic mass is 10.1. The third-order valence-corrected chi connectivity index (χ3v) is 6.12. The molecule has 4 rings (SSSR count). The van der Waals surface area contributed by atoms with Crippen molar-refractivity contribution in [2.45, 2.75) is 33.0 Å². The largest absolute Gasteiger partial charge is 0.447 e. The fourth-order valence-corrected chi connectivity index (χ4v) is 4.17. The lowest BCUT2D eigenvalue weighted by Gasteiger charge is -2.29. The number of hydrogen-bond acceptors (Lipinski definition) is 6. The van der Waals surface area contributed by atoms with E-state index in [1.807, 2.05) is 37.3 Å². The second-order valence-corrected chi connectivity index (χ2v) is 8.89. The topological polar surface area (TPSA) is 70.8 Å². The first kappa shape index (κ1) is 24.1. The molecular weight excluding hydrogens is 428 g/mol. The molecule has 180 valence electrons. The van der Waals surface area contributed by atoms with Gasteiger partial charge in [0.25, 0.3) is 5.91 Å². The number of carbonyl (C=O) groups excluding carboxylic acids is 1. The van der Waals surface area contributed by atoms with Crippen LogP contribution >= 0.6 is 0 Å². The molecule has 0 aliphatic carbocycles. The molecule has 1 aromatic heterocycles. The number of nitrogens with one attached hydrogen (secondary N) is 1. The van der Waals surface area contributed by atoms with E-state index >= 15 is 0 Å². The van der Waals surface area contributed by atoms with Crippen LogP contribution in [0, 0.1) is 6.92 Å². The van der Waals surface area contributed by atoms with Crippen LogP contribution < -0.4 is 5.32 Å². The van der Waals surface area contributed by atoms with E-state index in [0.29, 0.717) is 18.1 Å². The summed E-state index contributed by atoms with van der Waals surface area (Å²) in [6, 6.07) is 18.3. The fraction of sp³-hybridized carbons (Fsp3) is 0.407. The SMILES string of the molecule is Cc1cccc(CN(CCN2CCOCC2)Cc2nc(C(=O)N[C@H](C)c3ccccc3)co2)c1. The van der Waals surface area contributed by atoms with Gasteiger partial charge in [0, 0.05) is 32.7 Å². The summed E-state index contributed by atoms with van der Waals surface area (Å²) in [5.41, 5.74) is 3.85. The van der Waals surface area contributed by atoms with Crippen LogP contribution in [0.1, 0.15) is 46.0 Å². The number of benzene rings is 2. The monoisotopic (exact) mass is 462 g/mol. The maximum atomic E-state index is 12.7. The van der Waals surface area contributed by atoms with Crippen LogP contribution in [-0.4, -0.2) is 60.1 Å². The summed E-state index contributed by atoms with van der Waals surface area (Å²) in [7, 11) is 0. The maximum absolute atomic E-state index is 12.7. The number of nitrogens with zero attached hydrogens (tertiary/aromatic N) is 3. The zero-order valence-corrected chi connectivity index (χ0v) is 20.1. The van der Waals surface area contributed by atoms with Crippen molar-refractivity contribution in [3.63, 3.8) is 0 Å². The second kappa shape index (κ2) is 11.9. The Morgan fingerprint density at radius 3 is 2.68 bits per heavy atom. The van der Waals surface area contributed by atoms with Crippen LogP contribution in [0.4, 0.5) is 0 Å². The van der Waals surface area contributed by atoms with Crippen LogP contribution in [0.25, 0.3) is 0 Å². The smallest absolute Gasteiger partial charge is 0.273 e. The van der Waals surface area contributed by atoms with Gasteiger partial charge in [-0.3, -0.25) is 14.6 Å². The van der Waals surface area contributed by atoms with E-state index in [1.165, 1.54) is 17.4 Å². The Morgan fingerprint density at radius 1 is 1.12 bits per heavy atom. The second-order valence-electron chi connectivity index (χ2n) is 8.89. The van der Waals surface area contributed by atoms with E-state index in [0.717, 1.165) is 51.5 Å². The summed E-state index contributed by atoms with van der Waals surface area (Å²) in [4.78, 5) is 22.0. The Kier molecular flexibility index (Phi) is 8.46. The van der Waals surface area contributed by atoms with Crippen molar-refractivity contribution in [1.29, 1.82) is 0 Å². The average Bonchev–Trinajstić information content (AvgIpc) is 3.32. The maximum Gasteiger partial charge on any atom is 0.273 e. The van der Waals surface area contributed by atoms with Crippen LogP contribution in [0.3, 0.4) is 0 Å².